The van der Waals surface area contributed by atoms with Crippen molar-refractivity contribution in [2.75, 3.05) is 0 Å². The van der Waals surface area contributed by atoms with Crippen LogP contribution in [-0.2, 0) is 0 Å². The SMILES string of the molecule is CC(C)CC[C@@H](C)NC1[C@H]2CC3C[C@H]1CC(O)(C3)C2. The lowest BCUT2D eigenvalue weighted by atomic mass is 9.52. The van der Waals surface area contributed by atoms with Crippen LogP contribution < -0.4 is 5.32 Å². The first-order valence-corrected chi connectivity index (χ1v) is 8.43. The predicted octanol–water partition coefficient (Wildman–Crippen LogP) is 3.34. The number of hydrogen-bond donors (Lipinski definition) is 2. The first-order valence-electron chi connectivity index (χ1n) is 8.43. The van der Waals surface area contributed by atoms with Gasteiger partial charge in [-0.25, -0.2) is 0 Å². The summed E-state index contributed by atoms with van der Waals surface area (Å²) in [5.41, 5.74) is -0.282. The summed E-state index contributed by atoms with van der Waals surface area (Å²) in [6.07, 6.45) is 8.57. The van der Waals surface area contributed by atoms with Crippen LogP contribution in [0, 0.1) is 23.7 Å². The molecule has 19 heavy (non-hydrogen) atoms. The van der Waals surface area contributed by atoms with Gasteiger partial charge < -0.3 is 10.4 Å². The third kappa shape index (κ3) is 2.85. The van der Waals surface area contributed by atoms with Gasteiger partial charge in [-0.15, -0.1) is 0 Å². The molecule has 0 aromatic rings. The van der Waals surface area contributed by atoms with Crippen molar-refractivity contribution < 1.29 is 5.11 Å². The van der Waals surface area contributed by atoms with Gasteiger partial charge >= 0.3 is 0 Å². The minimum Gasteiger partial charge on any atom is -0.390 e. The van der Waals surface area contributed by atoms with Gasteiger partial charge in [0.25, 0.3) is 0 Å². The second-order valence-electron chi connectivity index (χ2n) is 8.26. The summed E-state index contributed by atoms with van der Waals surface area (Å²) >= 11 is 0. The summed E-state index contributed by atoms with van der Waals surface area (Å²) in [6, 6.07) is 1.33. The number of aliphatic hydroxyl groups is 1. The van der Waals surface area contributed by atoms with E-state index in [1.807, 2.05) is 0 Å². The molecule has 0 amide bonds. The van der Waals surface area contributed by atoms with Crippen LogP contribution in [-0.4, -0.2) is 22.8 Å². The highest BCUT2D eigenvalue weighted by molar-refractivity contribution is 5.08. The average molecular weight is 265 g/mol. The van der Waals surface area contributed by atoms with Crippen molar-refractivity contribution in [1.29, 1.82) is 0 Å². The molecule has 4 saturated carbocycles. The van der Waals surface area contributed by atoms with Gasteiger partial charge in [0, 0.05) is 12.1 Å². The minimum absolute atomic E-state index is 0.282. The molecule has 0 heterocycles. The zero-order valence-electron chi connectivity index (χ0n) is 12.9. The van der Waals surface area contributed by atoms with Crippen LogP contribution in [0.25, 0.3) is 0 Å². The Morgan fingerprint density at radius 3 is 2.21 bits per heavy atom. The van der Waals surface area contributed by atoms with E-state index in [1.165, 1.54) is 25.7 Å². The van der Waals surface area contributed by atoms with Crippen molar-refractivity contribution in [3.63, 3.8) is 0 Å². The summed E-state index contributed by atoms with van der Waals surface area (Å²) in [5.74, 6) is 3.13. The lowest BCUT2D eigenvalue weighted by Gasteiger charge is -2.58. The maximum atomic E-state index is 10.6. The molecule has 0 unspecified atom stereocenters. The molecule has 0 spiro atoms. The smallest absolute Gasteiger partial charge is 0.0657 e. The molecule has 4 rings (SSSR count). The van der Waals surface area contributed by atoms with Crippen LogP contribution in [0.1, 0.15) is 65.7 Å². The molecular formula is C17H31NO. The summed E-state index contributed by atoms with van der Waals surface area (Å²) in [5, 5.41) is 14.5. The lowest BCUT2D eigenvalue weighted by Crippen LogP contribution is -2.61. The molecule has 0 saturated heterocycles. The zero-order chi connectivity index (χ0) is 13.6. The highest BCUT2D eigenvalue weighted by atomic mass is 16.3. The van der Waals surface area contributed by atoms with Crippen LogP contribution in [0.4, 0.5) is 0 Å². The molecule has 0 radical (unpaired) electrons. The van der Waals surface area contributed by atoms with Crippen LogP contribution in [0.5, 0.6) is 0 Å². The van der Waals surface area contributed by atoms with E-state index < -0.39 is 0 Å². The first kappa shape index (κ1) is 13.9. The Labute approximate surface area is 118 Å². The molecule has 0 aliphatic heterocycles. The van der Waals surface area contributed by atoms with Crippen molar-refractivity contribution in [2.24, 2.45) is 23.7 Å². The Balaban J connectivity index is 1.57. The lowest BCUT2D eigenvalue weighted by molar-refractivity contribution is -0.139. The van der Waals surface area contributed by atoms with Gasteiger partial charge in [0.05, 0.1) is 5.60 Å². The molecule has 4 aliphatic carbocycles. The van der Waals surface area contributed by atoms with E-state index in [2.05, 4.69) is 26.1 Å². The summed E-state index contributed by atoms with van der Waals surface area (Å²) < 4.78 is 0. The van der Waals surface area contributed by atoms with E-state index >= 15 is 0 Å². The standard InChI is InChI=1S/C17H31NO/c1-11(2)4-5-12(3)18-16-14-6-13-7-15(16)10-17(19,8-13)9-14/h11-16,18-19H,4-10H2,1-3H3/t12-,13?,14+,15+,16?,17?/m1/s1. The van der Waals surface area contributed by atoms with Gasteiger partial charge in [-0.3, -0.25) is 0 Å². The molecule has 4 fully saturated rings. The van der Waals surface area contributed by atoms with Gasteiger partial charge in [-0.05, 0) is 75.5 Å². The fourth-order valence-electron chi connectivity index (χ4n) is 5.25. The van der Waals surface area contributed by atoms with Gasteiger partial charge in [-0.1, -0.05) is 13.8 Å². The Morgan fingerprint density at radius 2 is 1.68 bits per heavy atom. The summed E-state index contributed by atoms with van der Waals surface area (Å²) in [7, 11) is 0. The number of nitrogens with one attached hydrogen (secondary N) is 1. The Hall–Kier alpha value is -0.0800. The number of hydrogen-bond acceptors (Lipinski definition) is 2. The van der Waals surface area contributed by atoms with E-state index in [0.717, 1.165) is 42.9 Å². The van der Waals surface area contributed by atoms with Crippen molar-refractivity contribution in [3.8, 4) is 0 Å². The summed E-state index contributed by atoms with van der Waals surface area (Å²) in [6.45, 7) is 6.97. The second-order valence-corrected chi connectivity index (χ2v) is 8.26. The van der Waals surface area contributed by atoms with Crippen molar-refractivity contribution in [1.82, 2.24) is 5.32 Å². The van der Waals surface area contributed by atoms with Gasteiger partial charge in [-0.2, -0.15) is 0 Å². The molecular weight excluding hydrogens is 234 g/mol. The zero-order valence-corrected chi connectivity index (χ0v) is 12.9. The molecule has 110 valence electrons. The summed E-state index contributed by atoms with van der Waals surface area (Å²) in [4.78, 5) is 0. The quantitative estimate of drug-likeness (QED) is 0.799. The average Bonchev–Trinajstić information content (AvgIpc) is 2.29. The van der Waals surface area contributed by atoms with Crippen molar-refractivity contribution in [3.05, 3.63) is 0 Å². The van der Waals surface area contributed by atoms with E-state index in [-0.39, 0.29) is 5.60 Å². The predicted molar refractivity (Wildman–Crippen MR) is 79.0 cm³/mol. The molecule has 2 nitrogen and oxygen atoms in total. The second kappa shape index (κ2) is 5.04. The Morgan fingerprint density at radius 1 is 1.05 bits per heavy atom. The van der Waals surface area contributed by atoms with E-state index in [4.69, 9.17) is 0 Å². The van der Waals surface area contributed by atoms with Gasteiger partial charge in [0.2, 0.25) is 0 Å². The molecule has 4 bridgehead atoms. The number of rotatable bonds is 5. The third-order valence-corrected chi connectivity index (χ3v) is 5.89. The van der Waals surface area contributed by atoms with E-state index in [1.54, 1.807) is 0 Å². The Bertz CT molecular complexity index is 311. The highest BCUT2D eigenvalue weighted by Gasteiger charge is 2.54. The van der Waals surface area contributed by atoms with E-state index in [9.17, 15) is 5.11 Å². The third-order valence-electron chi connectivity index (χ3n) is 5.89. The molecule has 4 aliphatic rings. The molecule has 3 atom stereocenters. The van der Waals surface area contributed by atoms with Crippen LogP contribution in [0.2, 0.25) is 0 Å². The topological polar surface area (TPSA) is 32.3 Å². The van der Waals surface area contributed by atoms with Crippen LogP contribution in [0.3, 0.4) is 0 Å². The van der Waals surface area contributed by atoms with E-state index in [0.29, 0.717) is 12.1 Å². The van der Waals surface area contributed by atoms with Crippen molar-refractivity contribution >= 4 is 0 Å². The minimum atomic E-state index is -0.282. The molecule has 0 aromatic heterocycles. The van der Waals surface area contributed by atoms with Crippen LogP contribution >= 0.6 is 0 Å². The maximum Gasteiger partial charge on any atom is 0.0657 e. The van der Waals surface area contributed by atoms with Gasteiger partial charge in [0.1, 0.15) is 0 Å². The molecule has 0 aromatic carbocycles. The largest absolute Gasteiger partial charge is 0.390 e. The maximum absolute atomic E-state index is 10.6. The first-order chi connectivity index (χ1) is 8.95. The molecule has 2 N–H and O–H groups in total. The normalized spacial score (nSPS) is 45.9. The van der Waals surface area contributed by atoms with Crippen molar-refractivity contribution in [2.45, 2.75) is 83.4 Å². The van der Waals surface area contributed by atoms with Gasteiger partial charge in [0.15, 0.2) is 0 Å². The monoisotopic (exact) mass is 265 g/mol. The highest BCUT2D eigenvalue weighted by Crippen LogP contribution is 2.55. The molecule has 2 heteroatoms. The Kier molecular flexibility index (Phi) is 3.68. The fourth-order valence-corrected chi connectivity index (χ4v) is 5.25. The van der Waals surface area contributed by atoms with Crippen LogP contribution in [0.15, 0.2) is 0 Å². The fraction of sp³-hybridized carbons (Fsp3) is 1.00.